The summed E-state index contributed by atoms with van der Waals surface area (Å²) in [5, 5.41) is 0. The summed E-state index contributed by atoms with van der Waals surface area (Å²) in [5.41, 5.74) is 0. The Morgan fingerprint density at radius 1 is 0.266 bits per heavy atom. The first-order chi connectivity index (χ1) is 39.0. The Morgan fingerprint density at radius 2 is 0.494 bits per heavy atom. The van der Waals surface area contributed by atoms with Crippen molar-refractivity contribution in [3.63, 3.8) is 0 Å². The molecule has 6 heteroatoms. The lowest BCUT2D eigenvalue weighted by Gasteiger charge is -2.18. The fraction of sp³-hybridized carbons (Fsp3) is 0.822. The molecule has 0 aliphatic heterocycles. The van der Waals surface area contributed by atoms with Crippen LogP contribution in [0.25, 0.3) is 0 Å². The van der Waals surface area contributed by atoms with Crippen molar-refractivity contribution in [1.82, 2.24) is 0 Å². The summed E-state index contributed by atoms with van der Waals surface area (Å²) in [6.07, 6.45) is 86.9. The van der Waals surface area contributed by atoms with Crippen molar-refractivity contribution in [2.24, 2.45) is 0 Å². The number of rotatable bonds is 64. The van der Waals surface area contributed by atoms with E-state index in [-0.39, 0.29) is 31.1 Å². The van der Waals surface area contributed by atoms with Crippen LogP contribution in [-0.2, 0) is 28.6 Å². The smallest absolute Gasteiger partial charge is 0.306 e. The normalized spacial score (nSPS) is 12.4. The maximum Gasteiger partial charge on any atom is 0.306 e. The minimum absolute atomic E-state index is 0.0808. The van der Waals surface area contributed by atoms with Gasteiger partial charge >= 0.3 is 17.9 Å². The van der Waals surface area contributed by atoms with Crippen molar-refractivity contribution in [3.8, 4) is 0 Å². The highest BCUT2D eigenvalue weighted by Gasteiger charge is 2.19. The maximum absolute atomic E-state index is 12.9. The van der Waals surface area contributed by atoms with Crippen LogP contribution in [0.15, 0.2) is 60.8 Å². The molecule has 0 aliphatic rings. The third-order valence-electron chi connectivity index (χ3n) is 15.5. The summed E-state index contributed by atoms with van der Waals surface area (Å²) in [6, 6.07) is 0. The zero-order valence-electron chi connectivity index (χ0n) is 52.9. The van der Waals surface area contributed by atoms with Crippen molar-refractivity contribution in [2.45, 2.75) is 374 Å². The van der Waals surface area contributed by atoms with Crippen molar-refractivity contribution >= 4 is 17.9 Å². The van der Waals surface area contributed by atoms with Gasteiger partial charge in [-0.2, -0.15) is 0 Å². The quantitative estimate of drug-likeness (QED) is 0.0261. The summed E-state index contributed by atoms with van der Waals surface area (Å²) in [5.74, 6) is -0.892. The van der Waals surface area contributed by atoms with Gasteiger partial charge in [-0.3, -0.25) is 14.4 Å². The van der Waals surface area contributed by atoms with Crippen LogP contribution >= 0.6 is 0 Å². The van der Waals surface area contributed by atoms with E-state index in [0.717, 1.165) is 89.9 Å². The average Bonchev–Trinajstić information content (AvgIpc) is 3.45. The van der Waals surface area contributed by atoms with Crippen LogP contribution in [0.5, 0.6) is 0 Å². The van der Waals surface area contributed by atoms with Crippen molar-refractivity contribution in [2.75, 3.05) is 13.2 Å². The molecule has 6 nitrogen and oxygen atoms in total. The molecule has 0 aromatic carbocycles. The second kappa shape index (κ2) is 67.6. The summed E-state index contributed by atoms with van der Waals surface area (Å²) < 4.78 is 16.9. The molecule has 1 atom stereocenters. The molecule has 0 amide bonds. The van der Waals surface area contributed by atoms with Gasteiger partial charge in [0.1, 0.15) is 13.2 Å². The first kappa shape index (κ1) is 76.1. The predicted octanol–water partition coefficient (Wildman–Crippen LogP) is 23.9. The predicted molar refractivity (Wildman–Crippen MR) is 344 cm³/mol. The minimum atomic E-state index is -0.787. The third-order valence-corrected chi connectivity index (χ3v) is 15.5. The van der Waals surface area contributed by atoms with Crippen molar-refractivity contribution in [3.05, 3.63) is 60.8 Å². The Bertz CT molecular complexity index is 1410. The van der Waals surface area contributed by atoms with Crippen LogP contribution < -0.4 is 0 Å². The van der Waals surface area contributed by atoms with Gasteiger partial charge in [-0.05, 0) is 83.5 Å². The highest BCUT2D eigenvalue weighted by atomic mass is 16.6. The number of carbonyl (C=O) groups is 3. The van der Waals surface area contributed by atoms with Crippen LogP contribution in [0.2, 0.25) is 0 Å². The lowest BCUT2D eigenvalue weighted by molar-refractivity contribution is -0.167. The Labute approximate surface area is 491 Å². The second-order valence-electron chi connectivity index (χ2n) is 23.4. The van der Waals surface area contributed by atoms with Gasteiger partial charge in [-0.1, -0.05) is 326 Å². The Morgan fingerprint density at radius 3 is 0.785 bits per heavy atom. The summed E-state index contributed by atoms with van der Waals surface area (Å²) in [4.78, 5) is 38.4. The second-order valence-corrected chi connectivity index (χ2v) is 23.4. The van der Waals surface area contributed by atoms with Gasteiger partial charge in [-0.15, -0.1) is 0 Å². The maximum atomic E-state index is 12.9. The SMILES string of the molecule is CC/C=C\C/C=C\C/C=C\CCCCCC(=O)OCC(COC(=O)CCCCCCCCCCCCCCCCCCCCCCCCCCC)OC(=O)CCCCCCCCCCCCC/C=C\C/C=C\CCCCCCC. The van der Waals surface area contributed by atoms with Gasteiger partial charge in [-0.25, -0.2) is 0 Å². The van der Waals surface area contributed by atoms with E-state index >= 15 is 0 Å². The van der Waals surface area contributed by atoms with Crippen LogP contribution in [0.1, 0.15) is 367 Å². The lowest BCUT2D eigenvalue weighted by Crippen LogP contribution is -2.30. The molecule has 0 aromatic heterocycles. The number of unbranched alkanes of at least 4 members (excludes halogenated alkanes) is 43. The molecule has 0 rings (SSSR count). The minimum Gasteiger partial charge on any atom is -0.462 e. The van der Waals surface area contributed by atoms with E-state index in [1.807, 2.05) is 0 Å². The first-order valence-electron chi connectivity index (χ1n) is 34.8. The zero-order chi connectivity index (χ0) is 57.1. The Balaban J connectivity index is 4.26. The molecule has 1 unspecified atom stereocenters. The molecule has 0 N–H and O–H groups in total. The molecule has 79 heavy (non-hydrogen) atoms. The molecule has 0 fully saturated rings. The van der Waals surface area contributed by atoms with Gasteiger partial charge in [0.2, 0.25) is 0 Å². The molecule has 0 spiro atoms. The van der Waals surface area contributed by atoms with Gasteiger partial charge in [0.25, 0.3) is 0 Å². The van der Waals surface area contributed by atoms with E-state index in [4.69, 9.17) is 14.2 Å². The molecule has 0 saturated heterocycles. The molecule has 0 bridgehead atoms. The number of hydrogen-bond donors (Lipinski definition) is 0. The Kier molecular flexibility index (Phi) is 65.1. The van der Waals surface area contributed by atoms with Gasteiger partial charge in [0.05, 0.1) is 0 Å². The van der Waals surface area contributed by atoms with E-state index in [0.29, 0.717) is 19.3 Å². The third kappa shape index (κ3) is 65.8. The standard InChI is InChI=1S/C73H132O6/c1-4-7-10-13-16-19-22-25-27-29-31-33-35-36-38-39-41-43-45-48-51-54-57-60-63-66-72(75)78-69-70(68-77-71(74)65-62-59-56-53-50-47-24-21-18-15-12-9-6-3)79-73(76)67-64-61-58-55-52-49-46-44-42-40-37-34-32-30-28-26-23-20-17-14-11-8-5-2/h9,12,18,21,23,26,30,32,47,50,70H,4-8,10-11,13-17,19-20,22,24-25,27-29,31,33-46,48-49,51-69H2,1-3H3/b12-9-,21-18-,26-23-,32-30-,50-47-. The van der Waals surface area contributed by atoms with E-state index < -0.39 is 6.10 Å². The highest BCUT2D eigenvalue weighted by Crippen LogP contribution is 2.18. The number of allylic oxidation sites excluding steroid dienone is 10. The fourth-order valence-corrected chi connectivity index (χ4v) is 10.3. The van der Waals surface area contributed by atoms with Crippen LogP contribution in [0, 0.1) is 0 Å². The summed E-state index contributed by atoms with van der Waals surface area (Å²) in [7, 11) is 0. The van der Waals surface area contributed by atoms with E-state index in [9.17, 15) is 14.4 Å². The molecular weight excluding hydrogens is 973 g/mol. The van der Waals surface area contributed by atoms with Crippen LogP contribution in [0.4, 0.5) is 0 Å². The van der Waals surface area contributed by atoms with Crippen molar-refractivity contribution in [1.29, 1.82) is 0 Å². The number of ether oxygens (including phenoxy) is 3. The zero-order valence-corrected chi connectivity index (χ0v) is 52.9. The lowest BCUT2D eigenvalue weighted by atomic mass is 10.0. The van der Waals surface area contributed by atoms with Gasteiger partial charge in [0, 0.05) is 19.3 Å². The number of hydrogen-bond acceptors (Lipinski definition) is 6. The average molecular weight is 1110 g/mol. The Hall–Kier alpha value is -2.89. The van der Waals surface area contributed by atoms with Crippen LogP contribution in [-0.4, -0.2) is 37.2 Å². The fourth-order valence-electron chi connectivity index (χ4n) is 10.3. The molecule has 0 saturated carbocycles. The van der Waals surface area contributed by atoms with E-state index in [2.05, 4.69) is 81.5 Å². The molecular formula is C73H132O6. The molecule has 460 valence electrons. The van der Waals surface area contributed by atoms with Crippen molar-refractivity contribution < 1.29 is 28.6 Å². The summed E-state index contributed by atoms with van der Waals surface area (Å²) >= 11 is 0. The molecule has 0 heterocycles. The molecule has 0 aliphatic carbocycles. The topological polar surface area (TPSA) is 78.9 Å². The van der Waals surface area contributed by atoms with E-state index in [1.165, 1.54) is 238 Å². The number of carbonyl (C=O) groups excluding carboxylic acids is 3. The van der Waals surface area contributed by atoms with E-state index in [1.54, 1.807) is 0 Å². The summed E-state index contributed by atoms with van der Waals surface area (Å²) in [6.45, 7) is 6.55. The largest absolute Gasteiger partial charge is 0.462 e. The highest BCUT2D eigenvalue weighted by molar-refractivity contribution is 5.71. The molecule has 0 aromatic rings. The van der Waals surface area contributed by atoms with Crippen LogP contribution in [0.3, 0.4) is 0 Å². The van der Waals surface area contributed by atoms with Gasteiger partial charge < -0.3 is 14.2 Å². The first-order valence-corrected chi connectivity index (χ1v) is 34.8. The molecule has 0 radical (unpaired) electrons. The van der Waals surface area contributed by atoms with Gasteiger partial charge in [0.15, 0.2) is 6.10 Å². The monoisotopic (exact) mass is 1110 g/mol. The number of esters is 3.